The van der Waals surface area contributed by atoms with Crippen LogP contribution in [0.5, 0.6) is 0 Å². The molecule has 0 saturated carbocycles. The summed E-state index contributed by atoms with van der Waals surface area (Å²) in [7, 11) is 0. The smallest absolute Gasteiger partial charge is 0.269 e. The molecule has 1 N–H and O–H groups in total. The Kier molecular flexibility index (Phi) is 5.07. The Balaban J connectivity index is 1.70. The maximum absolute atomic E-state index is 12.2. The van der Waals surface area contributed by atoms with E-state index in [9.17, 15) is 19.7 Å². The molecule has 7 nitrogen and oxygen atoms in total. The minimum absolute atomic E-state index is 0.00388. The number of anilines is 2. The minimum Gasteiger partial charge on any atom is -0.321 e. The molecular formula is C19H17N3O4. The monoisotopic (exact) mass is 351 g/mol. The first-order valence-corrected chi connectivity index (χ1v) is 8.17. The van der Waals surface area contributed by atoms with Gasteiger partial charge in [-0.3, -0.25) is 19.7 Å². The van der Waals surface area contributed by atoms with Crippen molar-refractivity contribution in [2.75, 3.05) is 16.8 Å². The van der Waals surface area contributed by atoms with Crippen LogP contribution < -0.4 is 10.2 Å². The minimum atomic E-state index is -0.475. The molecule has 0 bridgehead atoms. The van der Waals surface area contributed by atoms with E-state index < -0.39 is 4.92 Å². The number of hydrogen-bond acceptors (Lipinski definition) is 4. The second-order valence-corrected chi connectivity index (χ2v) is 5.84. The Morgan fingerprint density at radius 2 is 1.88 bits per heavy atom. The Hall–Kier alpha value is -3.48. The lowest BCUT2D eigenvalue weighted by atomic mass is 10.2. The molecule has 2 aromatic carbocycles. The average molecular weight is 351 g/mol. The van der Waals surface area contributed by atoms with Gasteiger partial charge in [0, 0.05) is 31.2 Å². The summed E-state index contributed by atoms with van der Waals surface area (Å²) in [4.78, 5) is 36.0. The number of nitrogens with one attached hydrogen (secondary N) is 1. The van der Waals surface area contributed by atoms with Crippen LogP contribution in [0.15, 0.2) is 54.6 Å². The van der Waals surface area contributed by atoms with E-state index in [-0.39, 0.29) is 17.5 Å². The fraction of sp³-hybridized carbons (Fsp3) is 0.158. The molecule has 0 unspecified atom stereocenters. The van der Waals surface area contributed by atoms with Crippen molar-refractivity contribution < 1.29 is 14.5 Å². The zero-order chi connectivity index (χ0) is 18.5. The number of nitro groups is 1. The fourth-order valence-corrected chi connectivity index (χ4v) is 2.77. The summed E-state index contributed by atoms with van der Waals surface area (Å²) in [6, 6.07) is 13.1. The largest absolute Gasteiger partial charge is 0.321 e. The second-order valence-electron chi connectivity index (χ2n) is 5.84. The molecule has 3 rings (SSSR count). The number of nitro benzene ring substituents is 1. The van der Waals surface area contributed by atoms with Crippen LogP contribution >= 0.6 is 0 Å². The van der Waals surface area contributed by atoms with Gasteiger partial charge in [-0.2, -0.15) is 0 Å². The van der Waals surface area contributed by atoms with E-state index >= 15 is 0 Å². The van der Waals surface area contributed by atoms with Gasteiger partial charge >= 0.3 is 0 Å². The quantitative estimate of drug-likeness (QED) is 0.508. The van der Waals surface area contributed by atoms with Gasteiger partial charge in [0.15, 0.2) is 0 Å². The van der Waals surface area contributed by atoms with Crippen molar-refractivity contribution in [2.45, 2.75) is 12.8 Å². The van der Waals surface area contributed by atoms with Crippen LogP contribution in [0.25, 0.3) is 6.08 Å². The lowest BCUT2D eigenvalue weighted by molar-refractivity contribution is -0.384. The average Bonchev–Trinajstić information content (AvgIpc) is 3.06. The predicted molar refractivity (Wildman–Crippen MR) is 98.8 cm³/mol. The van der Waals surface area contributed by atoms with E-state index in [2.05, 4.69) is 5.32 Å². The standard InChI is InChI=1S/C19H17N3O4/c23-18(12-9-14-7-10-15(11-8-14)22(25)26)20-16-4-1-2-5-17(16)21-13-3-6-19(21)24/h1-2,4-5,7-12H,3,6,13H2,(H,20,23)/b12-9+. The van der Waals surface area contributed by atoms with Gasteiger partial charge < -0.3 is 10.2 Å². The normalized spacial score (nSPS) is 14.0. The van der Waals surface area contributed by atoms with E-state index in [4.69, 9.17) is 0 Å². The van der Waals surface area contributed by atoms with Gasteiger partial charge in [-0.25, -0.2) is 0 Å². The molecule has 1 aliphatic heterocycles. The van der Waals surface area contributed by atoms with Crippen molar-refractivity contribution in [1.29, 1.82) is 0 Å². The Morgan fingerprint density at radius 1 is 1.15 bits per heavy atom. The van der Waals surface area contributed by atoms with Crippen molar-refractivity contribution in [3.63, 3.8) is 0 Å². The second kappa shape index (κ2) is 7.60. The van der Waals surface area contributed by atoms with Gasteiger partial charge in [-0.05, 0) is 42.3 Å². The van der Waals surface area contributed by atoms with Gasteiger partial charge in [0.1, 0.15) is 0 Å². The number of rotatable bonds is 5. The van der Waals surface area contributed by atoms with Crippen molar-refractivity contribution in [3.05, 3.63) is 70.3 Å². The van der Waals surface area contributed by atoms with E-state index in [1.54, 1.807) is 41.3 Å². The highest BCUT2D eigenvalue weighted by atomic mass is 16.6. The molecule has 1 fully saturated rings. The summed E-state index contributed by atoms with van der Waals surface area (Å²) < 4.78 is 0. The van der Waals surface area contributed by atoms with Crippen LogP contribution in [-0.2, 0) is 9.59 Å². The van der Waals surface area contributed by atoms with Crippen LogP contribution in [0.2, 0.25) is 0 Å². The van der Waals surface area contributed by atoms with Crippen LogP contribution in [0, 0.1) is 10.1 Å². The van der Waals surface area contributed by atoms with Gasteiger partial charge in [0.25, 0.3) is 5.69 Å². The number of carbonyl (C=O) groups is 2. The maximum atomic E-state index is 12.2. The maximum Gasteiger partial charge on any atom is 0.269 e. The van der Waals surface area contributed by atoms with Gasteiger partial charge in [0.05, 0.1) is 16.3 Å². The highest BCUT2D eigenvalue weighted by Gasteiger charge is 2.23. The highest BCUT2D eigenvalue weighted by molar-refractivity contribution is 6.06. The van der Waals surface area contributed by atoms with Crippen molar-refractivity contribution in [3.8, 4) is 0 Å². The molecule has 0 atom stereocenters. The number of hydrogen-bond donors (Lipinski definition) is 1. The third kappa shape index (κ3) is 3.94. The van der Waals surface area contributed by atoms with Crippen molar-refractivity contribution in [2.24, 2.45) is 0 Å². The molecule has 2 amide bonds. The zero-order valence-corrected chi connectivity index (χ0v) is 13.9. The molecule has 26 heavy (non-hydrogen) atoms. The summed E-state index contributed by atoms with van der Waals surface area (Å²) in [6.07, 6.45) is 4.25. The number of benzene rings is 2. The van der Waals surface area contributed by atoms with Crippen LogP contribution in [-0.4, -0.2) is 23.3 Å². The third-order valence-electron chi connectivity index (χ3n) is 4.06. The number of carbonyl (C=O) groups excluding carboxylic acids is 2. The summed E-state index contributed by atoms with van der Waals surface area (Å²) >= 11 is 0. The molecular weight excluding hydrogens is 334 g/mol. The molecule has 2 aromatic rings. The molecule has 132 valence electrons. The number of non-ortho nitro benzene ring substituents is 1. The molecule has 0 aromatic heterocycles. The summed E-state index contributed by atoms with van der Waals surface area (Å²) in [6.45, 7) is 0.643. The molecule has 1 aliphatic rings. The first-order valence-electron chi connectivity index (χ1n) is 8.17. The molecule has 0 spiro atoms. The summed E-state index contributed by atoms with van der Waals surface area (Å²) in [5, 5.41) is 13.4. The van der Waals surface area contributed by atoms with E-state index in [0.717, 1.165) is 6.42 Å². The first kappa shape index (κ1) is 17.3. The van der Waals surface area contributed by atoms with E-state index in [1.807, 2.05) is 6.07 Å². The van der Waals surface area contributed by atoms with Crippen molar-refractivity contribution >= 4 is 35.0 Å². The summed E-state index contributed by atoms with van der Waals surface area (Å²) in [5.41, 5.74) is 1.93. The highest BCUT2D eigenvalue weighted by Crippen LogP contribution is 2.29. The van der Waals surface area contributed by atoms with Crippen LogP contribution in [0.4, 0.5) is 17.1 Å². The number of nitrogens with zero attached hydrogens (tertiary/aromatic N) is 2. The third-order valence-corrected chi connectivity index (χ3v) is 4.06. The zero-order valence-electron chi connectivity index (χ0n) is 13.9. The molecule has 0 radical (unpaired) electrons. The van der Waals surface area contributed by atoms with Crippen molar-refractivity contribution in [1.82, 2.24) is 0 Å². The fourth-order valence-electron chi connectivity index (χ4n) is 2.77. The SMILES string of the molecule is O=C(/C=C/c1ccc([N+](=O)[O-])cc1)Nc1ccccc1N1CCCC1=O. The molecule has 7 heteroatoms. The number of amides is 2. The first-order chi connectivity index (χ1) is 12.5. The Morgan fingerprint density at radius 3 is 2.54 bits per heavy atom. The lowest BCUT2D eigenvalue weighted by Crippen LogP contribution is -2.25. The van der Waals surface area contributed by atoms with Crippen LogP contribution in [0.3, 0.4) is 0 Å². The summed E-state index contributed by atoms with van der Waals surface area (Å²) in [5.74, 6) is -0.296. The number of para-hydroxylation sites is 2. The molecule has 1 saturated heterocycles. The lowest BCUT2D eigenvalue weighted by Gasteiger charge is -2.19. The Bertz CT molecular complexity index is 875. The van der Waals surface area contributed by atoms with Gasteiger partial charge in [-0.15, -0.1) is 0 Å². The molecule has 0 aliphatic carbocycles. The Labute approximate surface area is 150 Å². The van der Waals surface area contributed by atoms with Gasteiger partial charge in [0.2, 0.25) is 11.8 Å². The topological polar surface area (TPSA) is 92.5 Å². The van der Waals surface area contributed by atoms with E-state index in [1.165, 1.54) is 18.2 Å². The molecule has 1 heterocycles. The predicted octanol–water partition coefficient (Wildman–Crippen LogP) is 3.37. The van der Waals surface area contributed by atoms with Crippen LogP contribution in [0.1, 0.15) is 18.4 Å². The van der Waals surface area contributed by atoms with E-state index in [0.29, 0.717) is 29.9 Å². The van der Waals surface area contributed by atoms with Gasteiger partial charge in [-0.1, -0.05) is 12.1 Å².